The van der Waals surface area contributed by atoms with Crippen molar-refractivity contribution in [1.82, 2.24) is 4.98 Å². The van der Waals surface area contributed by atoms with Gasteiger partial charge in [0.1, 0.15) is 11.6 Å². The topological polar surface area (TPSA) is 56.6 Å². The van der Waals surface area contributed by atoms with Gasteiger partial charge in [-0.25, -0.2) is 0 Å². The Morgan fingerprint density at radius 1 is 1.21 bits per heavy atom. The number of rotatable bonds is 3. The van der Waals surface area contributed by atoms with Crippen LogP contribution in [-0.4, -0.2) is 4.98 Å². The standard InChI is InChI=1S/C16H16N2O/c1-3-11(2)12-4-6-13(7-5-12)15-9-8-14(10-17)16(19)18-15/h4-9,11H,3H2,1-2H3,(H,18,19). The summed E-state index contributed by atoms with van der Waals surface area (Å²) >= 11 is 0. The Morgan fingerprint density at radius 2 is 1.89 bits per heavy atom. The van der Waals surface area contributed by atoms with E-state index in [0.717, 1.165) is 17.7 Å². The maximum atomic E-state index is 11.6. The molecular formula is C16H16N2O. The van der Waals surface area contributed by atoms with Gasteiger partial charge in [-0.1, -0.05) is 38.1 Å². The molecule has 0 saturated carbocycles. The lowest BCUT2D eigenvalue weighted by Gasteiger charge is -2.09. The Morgan fingerprint density at radius 3 is 2.42 bits per heavy atom. The molecule has 1 unspecified atom stereocenters. The van der Waals surface area contributed by atoms with Gasteiger partial charge in [0, 0.05) is 5.69 Å². The van der Waals surface area contributed by atoms with Gasteiger partial charge in [-0.3, -0.25) is 4.79 Å². The van der Waals surface area contributed by atoms with E-state index in [-0.39, 0.29) is 11.1 Å². The fraction of sp³-hybridized carbons (Fsp3) is 0.250. The van der Waals surface area contributed by atoms with Crippen LogP contribution in [0.2, 0.25) is 0 Å². The number of nitrogens with zero attached hydrogens (tertiary/aromatic N) is 1. The van der Waals surface area contributed by atoms with Gasteiger partial charge in [0.05, 0.1) is 0 Å². The highest BCUT2D eigenvalue weighted by atomic mass is 16.1. The number of hydrogen-bond acceptors (Lipinski definition) is 2. The minimum atomic E-state index is -0.342. The predicted octanol–water partition coefficient (Wildman–Crippen LogP) is 3.43. The quantitative estimate of drug-likeness (QED) is 0.909. The van der Waals surface area contributed by atoms with Crippen LogP contribution in [0.15, 0.2) is 41.2 Å². The molecule has 0 saturated heterocycles. The summed E-state index contributed by atoms with van der Waals surface area (Å²) in [4.78, 5) is 14.3. The Labute approximate surface area is 112 Å². The van der Waals surface area contributed by atoms with E-state index in [9.17, 15) is 4.79 Å². The number of benzene rings is 1. The molecule has 2 aromatic rings. The maximum absolute atomic E-state index is 11.6. The van der Waals surface area contributed by atoms with Crippen LogP contribution < -0.4 is 5.56 Å². The largest absolute Gasteiger partial charge is 0.321 e. The SMILES string of the molecule is CCC(C)c1ccc(-c2ccc(C#N)c(=O)[nH]2)cc1. The molecule has 3 heteroatoms. The maximum Gasteiger partial charge on any atom is 0.266 e. The van der Waals surface area contributed by atoms with Crippen LogP contribution >= 0.6 is 0 Å². The highest BCUT2D eigenvalue weighted by molar-refractivity contribution is 5.60. The minimum Gasteiger partial charge on any atom is -0.321 e. The van der Waals surface area contributed by atoms with Crippen molar-refractivity contribution in [3.8, 4) is 17.3 Å². The zero-order chi connectivity index (χ0) is 13.8. The highest BCUT2D eigenvalue weighted by Gasteiger charge is 2.05. The molecule has 1 aromatic heterocycles. The first-order chi connectivity index (χ1) is 9.15. The molecule has 0 radical (unpaired) electrons. The van der Waals surface area contributed by atoms with Crippen molar-refractivity contribution >= 4 is 0 Å². The summed E-state index contributed by atoms with van der Waals surface area (Å²) in [6, 6.07) is 13.3. The van der Waals surface area contributed by atoms with E-state index in [1.807, 2.05) is 18.2 Å². The van der Waals surface area contributed by atoms with E-state index in [4.69, 9.17) is 5.26 Å². The normalized spacial score (nSPS) is 11.8. The van der Waals surface area contributed by atoms with Crippen LogP contribution in [0.3, 0.4) is 0 Å². The molecule has 1 aromatic carbocycles. The van der Waals surface area contributed by atoms with Gasteiger partial charge in [-0.15, -0.1) is 0 Å². The average molecular weight is 252 g/mol. The van der Waals surface area contributed by atoms with Gasteiger partial charge in [-0.05, 0) is 35.6 Å². The summed E-state index contributed by atoms with van der Waals surface area (Å²) in [7, 11) is 0. The summed E-state index contributed by atoms with van der Waals surface area (Å²) in [6.07, 6.45) is 1.10. The number of pyridine rings is 1. The summed E-state index contributed by atoms with van der Waals surface area (Å²) < 4.78 is 0. The zero-order valence-corrected chi connectivity index (χ0v) is 11.1. The number of aromatic nitrogens is 1. The Hall–Kier alpha value is -2.34. The Balaban J connectivity index is 2.35. The summed E-state index contributed by atoms with van der Waals surface area (Å²) in [6.45, 7) is 4.36. The van der Waals surface area contributed by atoms with E-state index < -0.39 is 0 Å². The molecule has 1 atom stereocenters. The number of aromatic amines is 1. The Bertz CT molecular complexity index is 662. The first-order valence-electron chi connectivity index (χ1n) is 6.39. The van der Waals surface area contributed by atoms with Crippen molar-refractivity contribution < 1.29 is 0 Å². The lowest BCUT2D eigenvalue weighted by Crippen LogP contribution is -2.10. The van der Waals surface area contributed by atoms with E-state index in [1.165, 1.54) is 5.56 Å². The second kappa shape index (κ2) is 5.53. The molecule has 3 nitrogen and oxygen atoms in total. The second-order valence-corrected chi connectivity index (χ2v) is 4.66. The molecule has 0 aliphatic heterocycles. The van der Waals surface area contributed by atoms with Crippen LogP contribution in [0, 0.1) is 11.3 Å². The molecule has 0 aliphatic rings. The van der Waals surface area contributed by atoms with Gasteiger partial charge in [0.2, 0.25) is 0 Å². The van der Waals surface area contributed by atoms with E-state index in [1.54, 1.807) is 12.1 Å². The zero-order valence-electron chi connectivity index (χ0n) is 11.1. The highest BCUT2D eigenvalue weighted by Crippen LogP contribution is 2.22. The average Bonchev–Trinajstić information content (AvgIpc) is 2.46. The van der Waals surface area contributed by atoms with Crippen molar-refractivity contribution in [2.24, 2.45) is 0 Å². The first-order valence-corrected chi connectivity index (χ1v) is 6.39. The molecule has 0 fully saturated rings. The van der Waals surface area contributed by atoms with Gasteiger partial charge in [0.15, 0.2) is 0 Å². The molecule has 0 spiro atoms. The second-order valence-electron chi connectivity index (χ2n) is 4.66. The van der Waals surface area contributed by atoms with Crippen molar-refractivity contribution in [3.63, 3.8) is 0 Å². The number of hydrogen-bond donors (Lipinski definition) is 1. The lowest BCUT2D eigenvalue weighted by molar-refractivity contribution is 0.734. The molecule has 2 rings (SSSR count). The molecule has 19 heavy (non-hydrogen) atoms. The third-order valence-electron chi connectivity index (χ3n) is 3.43. The van der Waals surface area contributed by atoms with Gasteiger partial charge in [0.25, 0.3) is 5.56 Å². The molecule has 96 valence electrons. The van der Waals surface area contributed by atoms with Gasteiger partial charge < -0.3 is 4.98 Å². The van der Waals surface area contributed by atoms with Gasteiger partial charge >= 0.3 is 0 Å². The third-order valence-corrected chi connectivity index (χ3v) is 3.43. The third kappa shape index (κ3) is 2.74. The van der Waals surface area contributed by atoms with Crippen molar-refractivity contribution in [3.05, 3.63) is 57.9 Å². The van der Waals surface area contributed by atoms with Crippen molar-refractivity contribution in [2.45, 2.75) is 26.2 Å². The van der Waals surface area contributed by atoms with E-state index >= 15 is 0 Å². The van der Waals surface area contributed by atoms with E-state index in [2.05, 4.69) is 31.0 Å². The number of nitriles is 1. The summed E-state index contributed by atoms with van der Waals surface area (Å²) in [5.41, 5.74) is 2.78. The van der Waals surface area contributed by atoms with Gasteiger partial charge in [-0.2, -0.15) is 5.26 Å². The molecule has 0 amide bonds. The van der Waals surface area contributed by atoms with Crippen LogP contribution in [0.1, 0.15) is 37.3 Å². The molecule has 0 bridgehead atoms. The molecule has 1 N–H and O–H groups in total. The van der Waals surface area contributed by atoms with Crippen LogP contribution in [0.25, 0.3) is 11.3 Å². The smallest absolute Gasteiger partial charge is 0.266 e. The van der Waals surface area contributed by atoms with Crippen LogP contribution in [0.5, 0.6) is 0 Å². The van der Waals surface area contributed by atoms with E-state index in [0.29, 0.717) is 5.92 Å². The van der Waals surface area contributed by atoms with Crippen molar-refractivity contribution in [1.29, 1.82) is 5.26 Å². The fourth-order valence-electron chi connectivity index (χ4n) is 1.96. The fourth-order valence-corrected chi connectivity index (χ4v) is 1.96. The molecule has 0 aliphatic carbocycles. The lowest BCUT2D eigenvalue weighted by atomic mass is 9.97. The first kappa shape index (κ1) is 13.1. The minimum absolute atomic E-state index is 0.139. The number of H-pyrrole nitrogens is 1. The van der Waals surface area contributed by atoms with Crippen LogP contribution in [-0.2, 0) is 0 Å². The predicted molar refractivity (Wildman–Crippen MR) is 75.9 cm³/mol. The summed E-state index contributed by atoms with van der Waals surface area (Å²) in [5.74, 6) is 0.536. The monoisotopic (exact) mass is 252 g/mol. The summed E-state index contributed by atoms with van der Waals surface area (Å²) in [5, 5.41) is 8.73. The number of nitrogens with one attached hydrogen (secondary N) is 1. The van der Waals surface area contributed by atoms with Crippen LogP contribution in [0.4, 0.5) is 0 Å². The Kier molecular flexibility index (Phi) is 3.82. The van der Waals surface area contributed by atoms with Crippen molar-refractivity contribution in [2.75, 3.05) is 0 Å². The molecular weight excluding hydrogens is 236 g/mol. The molecule has 1 heterocycles.